The molecule has 358 valence electrons. The molecule has 0 saturated carbocycles. The molecule has 1 amide bonds. The standard InChI is InChI=1S/C51H66N2O12S/c1-5-41(6-2)64-45-29-37(51(58)63-7-3)28-44(34(45)4)53-48(57)33-62-32-40(56)11-8-9-21-59-23-25-61-26-24-60-22-10-20-52-49(66)27-35-12-14-36(15-13-35)50-42-18-16-38(54)30-46(42)65-47-31-39(55)17-19-43(47)50/h12-19,29-31,34,41,44-45,54H,5-11,20-28,32-33H2,1-4H3,(H,52,66)(H,53,57)/t34-,44+,45-/m1/s1. The topological polar surface area (TPSA) is 181 Å². The van der Waals surface area contributed by atoms with Gasteiger partial charge in [-0.2, -0.15) is 0 Å². The van der Waals surface area contributed by atoms with E-state index in [-0.39, 0.29) is 66.9 Å². The Hall–Kier alpha value is -5.03. The molecule has 5 rings (SSSR count). The Morgan fingerprint density at radius 1 is 0.848 bits per heavy atom. The molecule has 15 heteroatoms. The van der Waals surface area contributed by atoms with Gasteiger partial charge in [-0.3, -0.25) is 14.4 Å². The summed E-state index contributed by atoms with van der Waals surface area (Å²) in [6, 6.07) is 17.6. The quantitative estimate of drug-likeness (QED) is 0.0211. The van der Waals surface area contributed by atoms with Gasteiger partial charge < -0.3 is 48.6 Å². The first-order valence-electron chi connectivity index (χ1n) is 23.2. The van der Waals surface area contributed by atoms with Gasteiger partial charge in [-0.05, 0) is 86.9 Å². The summed E-state index contributed by atoms with van der Waals surface area (Å²) in [5, 5.41) is 17.1. The normalized spacial score (nSPS) is 16.1. The average Bonchev–Trinajstić information content (AvgIpc) is 3.30. The fourth-order valence-corrected chi connectivity index (χ4v) is 8.02. The first-order valence-corrected chi connectivity index (χ1v) is 23.6. The second kappa shape index (κ2) is 27.6. The molecule has 0 fully saturated rings. The van der Waals surface area contributed by atoms with Gasteiger partial charge in [0.05, 0.1) is 50.2 Å². The summed E-state index contributed by atoms with van der Waals surface area (Å²) in [5.41, 5.74) is 4.61. The number of unbranched alkanes of at least 4 members (excludes halogenated alkanes) is 1. The number of carbonyl (C=O) groups is 3. The minimum Gasteiger partial charge on any atom is -0.508 e. The second-order valence-electron chi connectivity index (χ2n) is 16.4. The number of hydrogen-bond acceptors (Lipinski definition) is 13. The Morgan fingerprint density at radius 3 is 2.27 bits per heavy atom. The molecule has 3 atom stereocenters. The number of aromatic hydroxyl groups is 1. The number of ketones is 1. The predicted molar refractivity (Wildman–Crippen MR) is 257 cm³/mol. The molecule has 2 aromatic rings. The first-order chi connectivity index (χ1) is 32.0. The van der Waals surface area contributed by atoms with E-state index in [9.17, 15) is 24.3 Å². The minimum absolute atomic E-state index is 0.0448. The van der Waals surface area contributed by atoms with Gasteiger partial charge in [0, 0.05) is 78.8 Å². The number of hydrogen-bond donors (Lipinski definition) is 3. The molecule has 3 N–H and O–H groups in total. The Morgan fingerprint density at radius 2 is 1.56 bits per heavy atom. The fourth-order valence-electron chi connectivity index (χ4n) is 7.75. The summed E-state index contributed by atoms with van der Waals surface area (Å²) < 4.78 is 39.8. The number of carbonyl (C=O) groups excluding carboxylic acids is 3. The lowest BCUT2D eigenvalue weighted by Gasteiger charge is -2.36. The van der Waals surface area contributed by atoms with E-state index in [0.717, 1.165) is 58.3 Å². The van der Waals surface area contributed by atoms with Crippen LogP contribution in [0.3, 0.4) is 0 Å². The van der Waals surface area contributed by atoms with E-state index in [1.165, 1.54) is 12.1 Å². The minimum atomic E-state index is -0.403. The third-order valence-corrected chi connectivity index (χ3v) is 11.7. The Balaban J connectivity index is 0.847. The fraction of sp³-hybridized carbons (Fsp3) is 0.510. The third-order valence-electron chi connectivity index (χ3n) is 11.4. The lowest BCUT2D eigenvalue weighted by molar-refractivity contribution is -0.140. The highest BCUT2D eigenvalue weighted by molar-refractivity contribution is 7.80. The average molecular weight is 931 g/mol. The lowest BCUT2D eigenvalue weighted by Crippen LogP contribution is -2.48. The summed E-state index contributed by atoms with van der Waals surface area (Å²) in [5.74, 6) is -0.358. The SMILES string of the molecule is CCOC(=O)C1=C[C@@H](OC(CC)CC)[C@H](C)[C@@H](NC(=O)COCC(=O)CCCCOCCOCCOCCCNC(=S)Cc2ccc(-c3c4ccc(=O)cc-4oc4cc(O)ccc34)cc2)C1. The van der Waals surface area contributed by atoms with Crippen LogP contribution in [0.5, 0.6) is 5.75 Å². The second-order valence-corrected chi connectivity index (χ2v) is 16.9. The maximum atomic E-state index is 12.8. The molecular formula is C51H66N2O12S. The van der Waals surface area contributed by atoms with E-state index < -0.39 is 5.97 Å². The van der Waals surface area contributed by atoms with Crippen LogP contribution >= 0.6 is 12.2 Å². The van der Waals surface area contributed by atoms with Crippen molar-refractivity contribution in [1.82, 2.24) is 10.6 Å². The van der Waals surface area contributed by atoms with Gasteiger partial charge in [-0.1, -0.05) is 57.3 Å². The number of esters is 1. The number of Topliss-reactive ketones (excluding diaryl/α,β-unsaturated/α-hetero) is 1. The van der Waals surface area contributed by atoms with Gasteiger partial charge in [0.1, 0.15) is 30.3 Å². The van der Waals surface area contributed by atoms with Crippen LogP contribution in [0.1, 0.15) is 78.2 Å². The van der Waals surface area contributed by atoms with E-state index in [0.29, 0.717) is 88.8 Å². The number of phenols is 1. The number of amides is 1. The molecule has 14 nitrogen and oxygen atoms in total. The highest BCUT2D eigenvalue weighted by Crippen LogP contribution is 2.40. The van der Waals surface area contributed by atoms with Gasteiger partial charge in [0.25, 0.3) is 0 Å². The predicted octanol–water partition coefficient (Wildman–Crippen LogP) is 7.51. The first kappa shape index (κ1) is 51.9. The van der Waals surface area contributed by atoms with Crippen LogP contribution in [-0.2, 0) is 49.2 Å². The van der Waals surface area contributed by atoms with Crippen LogP contribution in [0, 0.1) is 5.92 Å². The number of benzene rings is 3. The molecule has 2 aromatic carbocycles. The molecule has 1 heterocycles. The van der Waals surface area contributed by atoms with E-state index in [2.05, 4.69) is 24.5 Å². The largest absolute Gasteiger partial charge is 0.508 e. The van der Waals surface area contributed by atoms with E-state index in [1.54, 1.807) is 25.1 Å². The molecule has 0 aromatic heterocycles. The molecule has 0 unspecified atom stereocenters. The van der Waals surface area contributed by atoms with E-state index in [1.807, 2.05) is 43.3 Å². The van der Waals surface area contributed by atoms with Gasteiger partial charge >= 0.3 is 5.97 Å². The summed E-state index contributed by atoms with van der Waals surface area (Å²) >= 11 is 5.60. The molecule has 0 spiro atoms. The monoisotopic (exact) mass is 930 g/mol. The number of rotatable bonds is 29. The lowest BCUT2D eigenvalue weighted by atomic mass is 9.83. The number of nitrogens with one attached hydrogen (secondary N) is 2. The van der Waals surface area contributed by atoms with Crippen molar-refractivity contribution in [3.63, 3.8) is 0 Å². The van der Waals surface area contributed by atoms with Crippen molar-refractivity contribution in [3.8, 4) is 28.2 Å². The number of fused-ring (bicyclic) bond motifs is 2. The maximum Gasteiger partial charge on any atom is 0.333 e. The highest BCUT2D eigenvalue weighted by Gasteiger charge is 2.35. The number of phenolic OH excluding ortho intramolecular Hbond substituents is 1. The van der Waals surface area contributed by atoms with Crippen LogP contribution in [-0.4, -0.2) is 112 Å². The van der Waals surface area contributed by atoms with Gasteiger partial charge in [-0.15, -0.1) is 0 Å². The van der Waals surface area contributed by atoms with E-state index >= 15 is 0 Å². The van der Waals surface area contributed by atoms with Crippen molar-refractivity contribution < 1.29 is 52.3 Å². The summed E-state index contributed by atoms with van der Waals surface area (Å²) in [6.07, 6.45) is 6.65. The van der Waals surface area contributed by atoms with Crippen molar-refractivity contribution in [1.29, 1.82) is 0 Å². The Labute approximate surface area is 393 Å². The zero-order chi connectivity index (χ0) is 47.3. The molecule has 0 radical (unpaired) electrons. The number of thiocarbonyl (C=S) groups is 1. The van der Waals surface area contributed by atoms with E-state index in [4.69, 9.17) is 45.1 Å². The Bertz CT molecular complexity index is 2240. The van der Waals surface area contributed by atoms with Crippen molar-refractivity contribution in [2.75, 3.05) is 66.0 Å². The van der Waals surface area contributed by atoms with Crippen LogP contribution in [0.25, 0.3) is 33.4 Å². The number of ether oxygens (including phenoxy) is 6. The molecule has 0 saturated heterocycles. The van der Waals surface area contributed by atoms with Crippen molar-refractivity contribution in [2.24, 2.45) is 5.92 Å². The molecule has 66 heavy (non-hydrogen) atoms. The van der Waals surface area contributed by atoms with Crippen LogP contribution in [0.2, 0.25) is 0 Å². The molecule has 3 aliphatic rings. The van der Waals surface area contributed by atoms with Crippen LogP contribution in [0.4, 0.5) is 0 Å². The summed E-state index contributed by atoms with van der Waals surface area (Å²) in [7, 11) is 0. The van der Waals surface area contributed by atoms with Crippen LogP contribution < -0.4 is 16.1 Å². The smallest absolute Gasteiger partial charge is 0.333 e. The summed E-state index contributed by atoms with van der Waals surface area (Å²) in [6.45, 7) is 11.3. The zero-order valence-electron chi connectivity index (χ0n) is 38.7. The van der Waals surface area contributed by atoms with Crippen molar-refractivity contribution >= 4 is 45.8 Å². The van der Waals surface area contributed by atoms with Crippen LogP contribution in [0.15, 0.2) is 81.5 Å². The molecular weight excluding hydrogens is 865 g/mol. The van der Waals surface area contributed by atoms with Crippen molar-refractivity contribution in [2.45, 2.75) is 97.3 Å². The van der Waals surface area contributed by atoms with Gasteiger partial charge in [-0.25, -0.2) is 4.79 Å². The summed E-state index contributed by atoms with van der Waals surface area (Å²) in [4.78, 5) is 50.5. The maximum absolute atomic E-state index is 12.8. The highest BCUT2D eigenvalue weighted by atomic mass is 32.1. The van der Waals surface area contributed by atoms with Gasteiger partial charge in [0.2, 0.25) is 5.91 Å². The third kappa shape index (κ3) is 16.4. The molecule has 0 bridgehead atoms. The zero-order valence-corrected chi connectivity index (χ0v) is 39.6. The molecule has 2 aliphatic carbocycles. The van der Waals surface area contributed by atoms with Gasteiger partial charge in [0.15, 0.2) is 11.2 Å². The Kier molecular flexibility index (Phi) is 21.7. The molecule has 1 aliphatic heterocycles. The van der Waals surface area contributed by atoms with Crippen molar-refractivity contribution in [3.05, 3.63) is 88.1 Å².